The summed E-state index contributed by atoms with van der Waals surface area (Å²) < 4.78 is 0. The fourth-order valence-electron chi connectivity index (χ4n) is 3.92. The molecule has 1 aliphatic carbocycles. The molecule has 4 nitrogen and oxygen atoms in total. The summed E-state index contributed by atoms with van der Waals surface area (Å²) in [4.78, 5) is 27.2. The quantitative estimate of drug-likeness (QED) is 0.847. The van der Waals surface area contributed by atoms with Crippen molar-refractivity contribution in [3.63, 3.8) is 0 Å². The van der Waals surface area contributed by atoms with Crippen LogP contribution in [0.4, 0.5) is 0 Å². The molecule has 0 aromatic heterocycles. The van der Waals surface area contributed by atoms with Crippen LogP contribution in [0.25, 0.3) is 0 Å². The van der Waals surface area contributed by atoms with Gasteiger partial charge in [0.05, 0.1) is 0 Å². The maximum atomic E-state index is 12.8. The minimum absolute atomic E-state index is 0.0321. The predicted octanol–water partition coefficient (Wildman–Crippen LogP) is 2.72. The van der Waals surface area contributed by atoms with Crippen molar-refractivity contribution in [3.8, 4) is 0 Å². The van der Waals surface area contributed by atoms with Gasteiger partial charge in [0, 0.05) is 6.54 Å². The van der Waals surface area contributed by atoms with E-state index in [0.717, 1.165) is 19.4 Å². The first kappa shape index (κ1) is 16.3. The Labute approximate surface area is 128 Å². The van der Waals surface area contributed by atoms with Crippen LogP contribution in [0.1, 0.15) is 66.2 Å². The number of carbonyl (C=O) groups is 2. The minimum atomic E-state index is -0.317. The number of carbonyl (C=O) groups excluding carboxylic acids is 2. The Morgan fingerprint density at radius 1 is 1.29 bits per heavy atom. The topological polar surface area (TPSA) is 49.4 Å². The fraction of sp³-hybridized carbons (Fsp3) is 0.882. The second-order valence-corrected chi connectivity index (χ2v) is 7.52. The maximum absolute atomic E-state index is 12.8. The Morgan fingerprint density at radius 3 is 2.43 bits per heavy atom. The van der Waals surface area contributed by atoms with Gasteiger partial charge in [0.15, 0.2) is 0 Å². The van der Waals surface area contributed by atoms with E-state index in [-0.39, 0.29) is 35.2 Å². The van der Waals surface area contributed by atoms with Crippen molar-refractivity contribution in [3.05, 3.63) is 0 Å². The Morgan fingerprint density at radius 2 is 1.90 bits per heavy atom. The van der Waals surface area contributed by atoms with Gasteiger partial charge in [-0.15, -0.1) is 0 Å². The third-order valence-corrected chi connectivity index (χ3v) is 5.07. The van der Waals surface area contributed by atoms with Gasteiger partial charge in [0.25, 0.3) is 0 Å². The van der Waals surface area contributed by atoms with Crippen LogP contribution < -0.4 is 5.32 Å². The molecule has 4 heteroatoms. The lowest BCUT2D eigenvalue weighted by atomic mass is 9.85. The van der Waals surface area contributed by atoms with Crippen LogP contribution in [0.3, 0.4) is 0 Å². The standard InChI is InChI=1S/C17H30N2O2/c1-5-8-13-16(21)19(11-17(4)9-6-7-10-17)14(12(2)3)15(20)18-13/h12-14H,5-11H2,1-4H3,(H,18,20). The monoisotopic (exact) mass is 294 g/mol. The summed E-state index contributed by atoms with van der Waals surface area (Å²) >= 11 is 0. The summed E-state index contributed by atoms with van der Waals surface area (Å²) in [7, 11) is 0. The largest absolute Gasteiger partial charge is 0.342 e. The van der Waals surface area contributed by atoms with Crippen LogP contribution in [-0.4, -0.2) is 35.3 Å². The molecule has 1 saturated heterocycles. The smallest absolute Gasteiger partial charge is 0.245 e. The van der Waals surface area contributed by atoms with Gasteiger partial charge in [0.1, 0.15) is 12.1 Å². The van der Waals surface area contributed by atoms with Crippen molar-refractivity contribution in [1.82, 2.24) is 10.2 Å². The summed E-state index contributed by atoms with van der Waals surface area (Å²) in [5.41, 5.74) is 0.192. The molecule has 2 aliphatic rings. The molecular weight excluding hydrogens is 264 g/mol. The Balaban J connectivity index is 2.21. The van der Waals surface area contributed by atoms with Crippen molar-refractivity contribution in [2.24, 2.45) is 11.3 Å². The lowest BCUT2D eigenvalue weighted by Crippen LogP contribution is -2.66. The maximum Gasteiger partial charge on any atom is 0.245 e. The molecule has 0 aromatic carbocycles. The third-order valence-electron chi connectivity index (χ3n) is 5.07. The van der Waals surface area contributed by atoms with Crippen LogP contribution in [0.2, 0.25) is 0 Å². The van der Waals surface area contributed by atoms with Gasteiger partial charge < -0.3 is 10.2 Å². The van der Waals surface area contributed by atoms with Gasteiger partial charge in [0.2, 0.25) is 11.8 Å². The number of rotatable bonds is 5. The Hall–Kier alpha value is -1.06. The molecule has 0 aromatic rings. The van der Waals surface area contributed by atoms with E-state index < -0.39 is 0 Å². The summed E-state index contributed by atoms with van der Waals surface area (Å²) in [5, 5.41) is 2.94. The lowest BCUT2D eigenvalue weighted by molar-refractivity contribution is -0.153. The molecule has 1 saturated carbocycles. The summed E-state index contributed by atoms with van der Waals surface area (Å²) in [6, 6.07) is -0.620. The molecule has 21 heavy (non-hydrogen) atoms. The SMILES string of the molecule is CCCC1NC(=O)C(C(C)C)N(CC2(C)CCCC2)C1=O. The van der Waals surface area contributed by atoms with E-state index in [1.165, 1.54) is 25.7 Å². The minimum Gasteiger partial charge on any atom is -0.342 e. The van der Waals surface area contributed by atoms with Crippen LogP contribution in [0.15, 0.2) is 0 Å². The van der Waals surface area contributed by atoms with E-state index in [0.29, 0.717) is 0 Å². The number of nitrogens with zero attached hydrogens (tertiary/aromatic N) is 1. The number of hydrogen-bond acceptors (Lipinski definition) is 2. The van der Waals surface area contributed by atoms with E-state index in [1.54, 1.807) is 0 Å². The first-order chi connectivity index (χ1) is 9.88. The van der Waals surface area contributed by atoms with Crippen LogP contribution in [0, 0.1) is 11.3 Å². The molecule has 2 atom stereocenters. The number of amides is 2. The Bertz CT molecular complexity index is 400. The molecule has 2 rings (SSSR count). The predicted molar refractivity (Wildman–Crippen MR) is 83.8 cm³/mol. The van der Waals surface area contributed by atoms with E-state index in [1.807, 2.05) is 18.7 Å². The first-order valence-electron chi connectivity index (χ1n) is 8.49. The van der Waals surface area contributed by atoms with E-state index in [4.69, 9.17) is 0 Å². The van der Waals surface area contributed by atoms with Gasteiger partial charge in [-0.1, -0.05) is 47.0 Å². The van der Waals surface area contributed by atoms with Crippen molar-refractivity contribution in [2.45, 2.75) is 78.3 Å². The highest BCUT2D eigenvalue weighted by Crippen LogP contribution is 2.39. The lowest BCUT2D eigenvalue weighted by Gasteiger charge is -2.44. The van der Waals surface area contributed by atoms with Crippen molar-refractivity contribution < 1.29 is 9.59 Å². The highest BCUT2D eigenvalue weighted by molar-refractivity contribution is 5.97. The molecule has 0 bridgehead atoms. The number of piperazine rings is 1. The number of nitrogens with one attached hydrogen (secondary N) is 1. The van der Waals surface area contributed by atoms with Gasteiger partial charge in [-0.05, 0) is 30.6 Å². The second-order valence-electron chi connectivity index (χ2n) is 7.52. The average molecular weight is 294 g/mol. The molecule has 0 radical (unpaired) electrons. The molecular formula is C17H30N2O2. The Kier molecular flexibility index (Phi) is 4.95. The van der Waals surface area contributed by atoms with E-state index in [2.05, 4.69) is 19.2 Å². The molecule has 2 fully saturated rings. The molecule has 1 heterocycles. The average Bonchev–Trinajstić information content (AvgIpc) is 2.82. The van der Waals surface area contributed by atoms with Gasteiger partial charge >= 0.3 is 0 Å². The second kappa shape index (κ2) is 6.37. The molecule has 2 unspecified atom stereocenters. The number of hydrogen-bond donors (Lipinski definition) is 1. The molecule has 120 valence electrons. The zero-order chi connectivity index (χ0) is 15.6. The third kappa shape index (κ3) is 3.41. The van der Waals surface area contributed by atoms with Crippen molar-refractivity contribution in [1.29, 1.82) is 0 Å². The fourth-order valence-corrected chi connectivity index (χ4v) is 3.92. The molecule has 1 aliphatic heterocycles. The summed E-state index contributed by atoms with van der Waals surface area (Å²) in [5.74, 6) is 0.314. The molecule has 1 N–H and O–H groups in total. The molecule has 2 amide bonds. The summed E-state index contributed by atoms with van der Waals surface area (Å²) in [6.45, 7) is 9.12. The highest BCUT2D eigenvalue weighted by atomic mass is 16.2. The first-order valence-corrected chi connectivity index (χ1v) is 8.49. The van der Waals surface area contributed by atoms with Crippen molar-refractivity contribution >= 4 is 11.8 Å². The zero-order valence-electron chi connectivity index (χ0n) is 13.9. The van der Waals surface area contributed by atoms with Crippen LogP contribution in [-0.2, 0) is 9.59 Å². The molecule has 0 spiro atoms. The summed E-state index contributed by atoms with van der Waals surface area (Å²) in [6.07, 6.45) is 6.48. The zero-order valence-corrected chi connectivity index (χ0v) is 13.9. The van der Waals surface area contributed by atoms with Gasteiger partial charge in [-0.25, -0.2) is 0 Å². The van der Waals surface area contributed by atoms with Crippen molar-refractivity contribution in [2.75, 3.05) is 6.54 Å². The normalized spacial score (nSPS) is 29.1. The van der Waals surface area contributed by atoms with Gasteiger partial charge in [-0.3, -0.25) is 9.59 Å². The van der Waals surface area contributed by atoms with Crippen LogP contribution in [0.5, 0.6) is 0 Å². The van der Waals surface area contributed by atoms with Crippen LogP contribution >= 0.6 is 0 Å². The van der Waals surface area contributed by atoms with Gasteiger partial charge in [-0.2, -0.15) is 0 Å². The highest BCUT2D eigenvalue weighted by Gasteiger charge is 2.44. The van der Waals surface area contributed by atoms with E-state index in [9.17, 15) is 9.59 Å². The van der Waals surface area contributed by atoms with E-state index >= 15 is 0 Å².